The first-order valence-electron chi connectivity index (χ1n) is 11.7. The molecule has 0 spiro atoms. The Hall–Kier alpha value is -3.53. The van der Waals surface area contributed by atoms with Crippen LogP contribution in [-0.2, 0) is 6.54 Å². The first-order valence-corrected chi connectivity index (χ1v) is 11.7. The molecule has 0 amide bonds. The highest BCUT2D eigenvalue weighted by Gasteiger charge is 2.20. The number of hydrogen-bond donors (Lipinski definition) is 0. The lowest BCUT2D eigenvalue weighted by atomic mass is 10.1. The van der Waals surface area contributed by atoms with Gasteiger partial charge < -0.3 is 14.0 Å². The van der Waals surface area contributed by atoms with E-state index in [1.807, 2.05) is 18.2 Å². The molecule has 1 aliphatic carbocycles. The summed E-state index contributed by atoms with van der Waals surface area (Å²) >= 11 is 0. The van der Waals surface area contributed by atoms with Gasteiger partial charge in [0.15, 0.2) is 11.5 Å². The van der Waals surface area contributed by atoms with Crippen LogP contribution in [0.4, 0.5) is 0 Å². The van der Waals surface area contributed by atoms with Gasteiger partial charge in [-0.2, -0.15) is 0 Å². The van der Waals surface area contributed by atoms with Gasteiger partial charge in [0.25, 0.3) is 0 Å². The Bertz CT molecular complexity index is 1260. The van der Waals surface area contributed by atoms with Crippen LogP contribution in [-0.4, -0.2) is 22.8 Å². The van der Waals surface area contributed by atoms with Gasteiger partial charge in [-0.05, 0) is 68.5 Å². The van der Waals surface area contributed by atoms with Gasteiger partial charge in [-0.15, -0.1) is 0 Å². The minimum atomic E-state index is 0.263. The Morgan fingerprint density at radius 2 is 1.73 bits per heavy atom. The predicted octanol–water partition coefficient (Wildman–Crippen LogP) is 6.89. The second kappa shape index (κ2) is 9.53. The largest absolute Gasteiger partial charge is 0.493 e. The molecule has 0 aliphatic heterocycles. The van der Waals surface area contributed by atoms with Crippen molar-refractivity contribution in [1.82, 2.24) is 9.55 Å². The van der Waals surface area contributed by atoms with Crippen molar-refractivity contribution >= 4 is 23.2 Å². The van der Waals surface area contributed by atoms with E-state index in [9.17, 15) is 0 Å². The van der Waals surface area contributed by atoms with Crippen LogP contribution < -0.4 is 9.47 Å². The molecule has 0 atom stereocenters. The lowest BCUT2D eigenvalue weighted by Gasteiger charge is -2.18. The number of rotatable bonds is 7. The summed E-state index contributed by atoms with van der Waals surface area (Å²) in [5.41, 5.74) is 5.66. The first kappa shape index (κ1) is 21.3. The molecule has 3 aromatic carbocycles. The maximum absolute atomic E-state index is 6.41. The Morgan fingerprint density at radius 1 is 0.939 bits per heavy atom. The number of para-hydroxylation sites is 3. The van der Waals surface area contributed by atoms with E-state index in [0.717, 1.165) is 53.3 Å². The van der Waals surface area contributed by atoms with E-state index in [1.54, 1.807) is 7.11 Å². The van der Waals surface area contributed by atoms with E-state index in [4.69, 9.17) is 14.5 Å². The summed E-state index contributed by atoms with van der Waals surface area (Å²) in [4.78, 5) is 4.92. The van der Waals surface area contributed by atoms with Gasteiger partial charge in [0.2, 0.25) is 0 Å². The third-order valence-corrected chi connectivity index (χ3v) is 6.37. The van der Waals surface area contributed by atoms with Crippen LogP contribution in [0, 0.1) is 6.92 Å². The lowest BCUT2D eigenvalue weighted by Crippen LogP contribution is -2.12. The van der Waals surface area contributed by atoms with Gasteiger partial charge >= 0.3 is 0 Å². The number of fused-ring (bicyclic) bond motifs is 1. The molecule has 0 bridgehead atoms. The van der Waals surface area contributed by atoms with Crippen molar-refractivity contribution in [3.63, 3.8) is 0 Å². The van der Waals surface area contributed by atoms with Crippen molar-refractivity contribution in [3.8, 4) is 11.5 Å². The summed E-state index contributed by atoms with van der Waals surface area (Å²) in [6, 6.07) is 23.1. The molecule has 1 saturated carbocycles. The van der Waals surface area contributed by atoms with Gasteiger partial charge in [-0.1, -0.05) is 54.1 Å². The fourth-order valence-electron chi connectivity index (χ4n) is 4.55. The van der Waals surface area contributed by atoms with Crippen molar-refractivity contribution in [2.45, 2.75) is 45.3 Å². The third-order valence-electron chi connectivity index (χ3n) is 6.37. The summed E-state index contributed by atoms with van der Waals surface area (Å²) in [6.07, 6.45) is 9.12. The van der Waals surface area contributed by atoms with Crippen molar-refractivity contribution in [3.05, 3.63) is 89.2 Å². The maximum Gasteiger partial charge on any atom is 0.168 e. The average molecular weight is 439 g/mol. The quantitative estimate of drug-likeness (QED) is 0.315. The summed E-state index contributed by atoms with van der Waals surface area (Å²) < 4.78 is 14.3. The molecule has 4 heteroatoms. The summed E-state index contributed by atoms with van der Waals surface area (Å²) in [5, 5.41) is 0. The highest BCUT2D eigenvalue weighted by atomic mass is 16.5. The molecule has 5 rings (SSSR count). The molecule has 33 heavy (non-hydrogen) atoms. The van der Waals surface area contributed by atoms with Gasteiger partial charge in [-0.3, -0.25) is 0 Å². The van der Waals surface area contributed by atoms with E-state index < -0.39 is 0 Å². The average Bonchev–Trinajstić information content (AvgIpc) is 3.48. The van der Waals surface area contributed by atoms with Crippen molar-refractivity contribution < 1.29 is 9.47 Å². The molecule has 4 aromatic rings. The molecule has 0 N–H and O–H groups in total. The number of hydrogen-bond acceptors (Lipinski definition) is 3. The van der Waals surface area contributed by atoms with Crippen LogP contribution in [0.3, 0.4) is 0 Å². The third kappa shape index (κ3) is 4.65. The van der Waals surface area contributed by atoms with Crippen LogP contribution in [0.2, 0.25) is 0 Å². The van der Waals surface area contributed by atoms with Crippen molar-refractivity contribution in [2.75, 3.05) is 7.11 Å². The zero-order chi connectivity index (χ0) is 22.6. The van der Waals surface area contributed by atoms with E-state index in [0.29, 0.717) is 0 Å². The number of nitrogens with zero attached hydrogens (tertiary/aromatic N) is 2. The van der Waals surface area contributed by atoms with Gasteiger partial charge in [0, 0.05) is 12.1 Å². The Labute approximate surface area is 195 Å². The van der Waals surface area contributed by atoms with Crippen molar-refractivity contribution in [1.29, 1.82) is 0 Å². The summed E-state index contributed by atoms with van der Waals surface area (Å²) in [7, 11) is 1.70. The topological polar surface area (TPSA) is 36.3 Å². The Kier molecular flexibility index (Phi) is 6.16. The van der Waals surface area contributed by atoms with Crippen LogP contribution in [0.15, 0.2) is 66.7 Å². The Balaban J connectivity index is 1.51. The van der Waals surface area contributed by atoms with E-state index in [2.05, 4.69) is 72.2 Å². The molecule has 4 nitrogen and oxygen atoms in total. The molecule has 1 heterocycles. The molecule has 0 radical (unpaired) electrons. The minimum absolute atomic E-state index is 0.263. The number of imidazole rings is 1. The normalized spacial score (nSPS) is 14.4. The van der Waals surface area contributed by atoms with E-state index in [1.165, 1.54) is 24.0 Å². The standard InChI is InChI=1S/C29H30N2O2/c1-21-14-16-22(17-15-21)20-31-26-12-6-5-11-25(26)30-28(31)19-18-23-8-7-13-27(32-2)29(23)33-24-9-3-4-10-24/h5-8,11-19,24H,3-4,9-10,20H2,1-2H3/b19-18+. The fraction of sp³-hybridized carbons (Fsp3) is 0.276. The first-order chi connectivity index (χ1) is 16.2. The van der Waals surface area contributed by atoms with Gasteiger partial charge in [0.1, 0.15) is 5.82 Å². The number of aryl methyl sites for hydroxylation is 1. The highest BCUT2D eigenvalue weighted by Crippen LogP contribution is 2.36. The number of benzene rings is 3. The zero-order valence-electron chi connectivity index (χ0n) is 19.3. The van der Waals surface area contributed by atoms with Crippen LogP contribution in [0.25, 0.3) is 23.2 Å². The van der Waals surface area contributed by atoms with E-state index in [-0.39, 0.29) is 6.10 Å². The molecule has 168 valence electrons. The van der Waals surface area contributed by atoms with Gasteiger partial charge in [-0.25, -0.2) is 4.98 Å². The van der Waals surface area contributed by atoms with Crippen LogP contribution in [0.1, 0.15) is 48.2 Å². The molecular weight excluding hydrogens is 408 g/mol. The second-order valence-electron chi connectivity index (χ2n) is 8.77. The molecule has 1 fully saturated rings. The predicted molar refractivity (Wildman–Crippen MR) is 135 cm³/mol. The monoisotopic (exact) mass is 438 g/mol. The minimum Gasteiger partial charge on any atom is -0.493 e. The molecule has 0 saturated heterocycles. The molecular formula is C29H30N2O2. The summed E-state index contributed by atoms with van der Waals surface area (Å²) in [5.74, 6) is 2.52. The Morgan fingerprint density at radius 3 is 2.52 bits per heavy atom. The number of aromatic nitrogens is 2. The maximum atomic E-state index is 6.41. The second-order valence-corrected chi connectivity index (χ2v) is 8.77. The van der Waals surface area contributed by atoms with Gasteiger partial charge in [0.05, 0.1) is 24.2 Å². The smallest absolute Gasteiger partial charge is 0.168 e. The zero-order valence-corrected chi connectivity index (χ0v) is 19.3. The van der Waals surface area contributed by atoms with E-state index >= 15 is 0 Å². The molecule has 1 aliphatic rings. The number of ether oxygens (including phenoxy) is 2. The van der Waals surface area contributed by atoms with Crippen LogP contribution >= 0.6 is 0 Å². The number of methoxy groups -OCH3 is 1. The lowest BCUT2D eigenvalue weighted by molar-refractivity contribution is 0.200. The fourth-order valence-corrected chi connectivity index (χ4v) is 4.55. The van der Waals surface area contributed by atoms with Crippen LogP contribution in [0.5, 0.6) is 11.5 Å². The molecule has 0 unspecified atom stereocenters. The van der Waals surface area contributed by atoms with Crippen molar-refractivity contribution in [2.24, 2.45) is 0 Å². The highest BCUT2D eigenvalue weighted by molar-refractivity contribution is 5.81. The molecule has 1 aromatic heterocycles. The SMILES string of the molecule is COc1cccc(/C=C/c2nc3ccccc3n2Cc2ccc(C)cc2)c1OC1CCCC1. The summed E-state index contributed by atoms with van der Waals surface area (Å²) in [6.45, 7) is 2.88.